The zero-order chi connectivity index (χ0) is 15.5. The van der Waals surface area contributed by atoms with Crippen molar-refractivity contribution in [1.82, 2.24) is 10.1 Å². The minimum atomic E-state index is -0.0729. The summed E-state index contributed by atoms with van der Waals surface area (Å²) in [5.41, 5.74) is 7.26. The number of carbonyl (C=O) groups excluding carboxylic acids is 1. The molecule has 2 unspecified atom stereocenters. The topological polar surface area (TPSA) is 72.4 Å². The highest BCUT2D eigenvalue weighted by molar-refractivity contribution is 5.93. The molecule has 0 aliphatic carbocycles. The quantitative estimate of drug-likeness (QED) is 0.945. The lowest BCUT2D eigenvalue weighted by Gasteiger charge is -2.34. The molecule has 2 atom stereocenters. The van der Waals surface area contributed by atoms with E-state index in [0.717, 1.165) is 24.9 Å². The molecule has 1 amide bonds. The van der Waals surface area contributed by atoms with Gasteiger partial charge in [-0.2, -0.15) is 0 Å². The average Bonchev–Trinajstić information content (AvgIpc) is 3.05. The molecule has 1 aromatic heterocycles. The van der Waals surface area contributed by atoms with Crippen LogP contribution in [-0.2, 0) is 0 Å². The van der Waals surface area contributed by atoms with Gasteiger partial charge in [0.05, 0.1) is 0 Å². The lowest BCUT2D eigenvalue weighted by atomic mass is 9.92. The van der Waals surface area contributed by atoms with Gasteiger partial charge in [-0.15, -0.1) is 0 Å². The second-order valence-corrected chi connectivity index (χ2v) is 5.96. The molecule has 5 heteroatoms. The molecule has 2 aromatic rings. The summed E-state index contributed by atoms with van der Waals surface area (Å²) in [5, 5.41) is 3.94. The van der Waals surface area contributed by atoms with Crippen molar-refractivity contribution >= 4 is 5.91 Å². The number of hydrogen-bond donors (Lipinski definition) is 1. The van der Waals surface area contributed by atoms with Gasteiger partial charge in [-0.25, -0.2) is 0 Å². The van der Waals surface area contributed by atoms with Crippen LogP contribution in [0.15, 0.2) is 40.9 Å². The smallest absolute Gasteiger partial charge is 0.276 e. The van der Waals surface area contributed by atoms with Crippen LogP contribution in [0.3, 0.4) is 0 Å². The molecule has 1 fully saturated rings. The van der Waals surface area contributed by atoms with Gasteiger partial charge < -0.3 is 15.2 Å². The Kier molecular flexibility index (Phi) is 4.24. The normalized spacial score (nSPS) is 19.9. The van der Waals surface area contributed by atoms with E-state index >= 15 is 0 Å². The summed E-state index contributed by atoms with van der Waals surface area (Å²) < 4.78 is 5.31. The average molecular weight is 299 g/mol. The number of piperidine rings is 1. The molecule has 1 saturated heterocycles. The summed E-state index contributed by atoms with van der Waals surface area (Å²) in [6, 6.07) is 11.5. The van der Waals surface area contributed by atoms with Crippen LogP contribution in [0.5, 0.6) is 0 Å². The molecule has 0 radical (unpaired) electrons. The number of rotatable bonds is 3. The Bertz CT molecular complexity index is 636. The van der Waals surface area contributed by atoms with Crippen molar-refractivity contribution in [2.75, 3.05) is 13.1 Å². The first-order chi connectivity index (χ1) is 10.6. The molecular formula is C17H21N3O2. The van der Waals surface area contributed by atoms with Gasteiger partial charge in [0.25, 0.3) is 5.91 Å². The Morgan fingerprint density at radius 3 is 2.91 bits per heavy atom. The van der Waals surface area contributed by atoms with Gasteiger partial charge in [0.2, 0.25) is 0 Å². The van der Waals surface area contributed by atoms with E-state index in [4.69, 9.17) is 10.3 Å². The van der Waals surface area contributed by atoms with Gasteiger partial charge in [-0.1, -0.05) is 35.5 Å². The van der Waals surface area contributed by atoms with Gasteiger partial charge >= 0.3 is 0 Å². The Morgan fingerprint density at radius 1 is 1.41 bits per heavy atom. The molecule has 2 N–H and O–H groups in total. The maximum atomic E-state index is 12.6. The molecule has 0 bridgehead atoms. The molecule has 1 aliphatic heterocycles. The first-order valence-electron chi connectivity index (χ1n) is 7.72. The number of aromatic nitrogens is 1. The van der Waals surface area contributed by atoms with Gasteiger partial charge in [-0.3, -0.25) is 4.79 Å². The molecule has 3 rings (SSSR count). The summed E-state index contributed by atoms with van der Waals surface area (Å²) in [6.07, 6.45) is 2.07. The lowest BCUT2D eigenvalue weighted by Crippen LogP contribution is -2.45. The molecular weight excluding hydrogens is 278 g/mol. The van der Waals surface area contributed by atoms with Crippen molar-refractivity contribution in [3.8, 4) is 11.3 Å². The summed E-state index contributed by atoms with van der Waals surface area (Å²) in [5.74, 6) is 0.902. The number of likely N-dealkylation sites (tertiary alicyclic amines) is 1. The standard InChI is InChI=1S/C17H21N3O2/c1-12(18)14-8-5-9-20(11-14)17(21)15-10-16(22-19-15)13-6-3-2-4-7-13/h2-4,6-7,10,12,14H,5,8-9,11,18H2,1H3. The number of carbonyl (C=O) groups is 1. The van der Waals surface area contributed by atoms with E-state index in [1.165, 1.54) is 0 Å². The number of benzene rings is 1. The Hall–Kier alpha value is -2.14. The Morgan fingerprint density at radius 2 is 2.18 bits per heavy atom. The summed E-state index contributed by atoms with van der Waals surface area (Å²) >= 11 is 0. The van der Waals surface area contributed by atoms with Crippen molar-refractivity contribution < 1.29 is 9.32 Å². The minimum Gasteiger partial charge on any atom is -0.355 e. The zero-order valence-electron chi connectivity index (χ0n) is 12.7. The van der Waals surface area contributed by atoms with Crippen LogP contribution in [0.4, 0.5) is 0 Å². The molecule has 22 heavy (non-hydrogen) atoms. The van der Waals surface area contributed by atoms with Gasteiger partial charge in [0, 0.05) is 30.8 Å². The number of nitrogens with two attached hydrogens (primary N) is 1. The highest BCUT2D eigenvalue weighted by Gasteiger charge is 2.28. The fourth-order valence-electron chi connectivity index (χ4n) is 2.90. The van der Waals surface area contributed by atoms with E-state index < -0.39 is 0 Å². The third-order valence-corrected chi connectivity index (χ3v) is 4.28. The van der Waals surface area contributed by atoms with Crippen LogP contribution in [0.2, 0.25) is 0 Å². The molecule has 2 heterocycles. The van der Waals surface area contributed by atoms with E-state index in [-0.39, 0.29) is 11.9 Å². The third kappa shape index (κ3) is 3.04. The molecule has 0 saturated carbocycles. The third-order valence-electron chi connectivity index (χ3n) is 4.28. The van der Waals surface area contributed by atoms with E-state index in [2.05, 4.69) is 5.16 Å². The van der Waals surface area contributed by atoms with E-state index in [9.17, 15) is 4.79 Å². The van der Waals surface area contributed by atoms with Crippen molar-refractivity contribution in [3.63, 3.8) is 0 Å². The SMILES string of the molecule is CC(N)C1CCCN(C(=O)c2cc(-c3ccccc3)on2)C1. The van der Waals surface area contributed by atoms with Crippen molar-refractivity contribution in [3.05, 3.63) is 42.1 Å². The summed E-state index contributed by atoms with van der Waals surface area (Å²) in [4.78, 5) is 14.4. The first-order valence-corrected chi connectivity index (χ1v) is 7.72. The first kappa shape index (κ1) is 14.8. The van der Waals surface area contributed by atoms with Crippen LogP contribution < -0.4 is 5.73 Å². The number of nitrogens with zero attached hydrogens (tertiary/aromatic N) is 2. The molecule has 0 spiro atoms. The Labute approximate surface area is 130 Å². The van der Waals surface area contributed by atoms with E-state index in [1.807, 2.05) is 42.2 Å². The predicted molar refractivity (Wildman–Crippen MR) is 84.2 cm³/mol. The van der Waals surface area contributed by atoms with Crippen molar-refractivity contribution in [1.29, 1.82) is 0 Å². The fourth-order valence-corrected chi connectivity index (χ4v) is 2.90. The number of amides is 1. The fraction of sp³-hybridized carbons (Fsp3) is 0.412. The zero-order valence-corrected chi connectivity index (χ0v) is 12.7. The Balaban J connectivity index is 1.74. The second-order valence-electron chi connectivity index (χ2n) is 5.96. The number of hydrogen-bond acceptors (Lipinski definition) is 4. The van der Waals surface area contributed by atoms with E-state index in [1.54, 1.807) is 6.07 Å². The largest absolute Gasteiger partial charge is 0.355 e. The van der Waals surface area contributed by atoms with Crippen molar-refractivity contribution in [2.24, 2.45) is 11.7 Å². The maximum absolute atomic E-state index is 12.6. The highest BCUT2D eigenvalue weighted by atomic mass is 16.5. The molecule has 1 aliphatic rings. The van der Waals surface area contributed by atoms with Crippen LogP contribution >= 0.6 is 0 Å². The molecule has 116 valence electrons. The van der Waals surface area contributed by atoms with Gasteiger partial charge in [-0.05, 0) is 25.7 Å². The lowest BCUT2D eigenvalue weighted by molar-refractivity contribution is 0.0650. The summed E-state index contributed by atoms with van der Waals surface area (Å²) in [6.45, 7) is 3.46. The minimum absolute atomic E-state index is 0.0729. The van der Waals surface area contributed by atoms with Crippen LogP contribution in [-0.4, -0.2) is 35.1 Å². The monoisotopic (exact) mass is 299 g/mol. The summed E-state index contributed by atoms with van der Waals surface area (Å²) in [7, 11) is 0. The van der Waals surface area contributed by atoms with Crippen LogP contribution in [0, 0.1) is 5.92 Å². The predicted octanol–water partition coefficient (Wildman–Crippen LogP) is 2.54. The second kappa shape index (κ2) is 6.32. The molecule has 5 nitrogen and oxygen atoms in total. The van der Waals surface area contributed by atoms with Crippen LogP contribution in [0.1, 0.15) is 30.3 Å². The highest BCUT2D eigenvalue weighted by Crippen LogP contribution is 2.23. The van der Waals surface area contributed by atoms with Gasteiger partial charge in [0.15, 0.2) is 11.5 Å². The van der Waals surface area contributed by atoms with Gasteiger partial charge in [0.1, 0.15) is 0 Å². The van der Waals surface area contributed by atoms with E-state index in [0.29, 0.717) is 23.9 Å². The van der Waals surface area contributed by atoms with Crippen LogP contribution in [0.25, 0.3) is 11.3 Å². The molecule has 1 aromatic carbocycles. The van der Waals surface area contributed by atoms with Crippen molar-refractivity contribution in [2.45, 2.75) is 25.8 Å². The maximum Gasteiger partial charge on any atom is 0.276 e.